The van der Waals surface area contributed by atoms with Crippen molar-refractivity contribution in [1.82, 2.24) is 20.2 Å². The third kappa shape index (κ3) is 1.53. The van der Waals surface area contributed by atoms with Gasteiger partial charge in [-0.15, -0.1) is 5.10 Å². The number of aryl methyl sites for hydroxylation is 1. The van der Waals surface area contributed by atoms with Crippen LogP contribution >= 0.6 is 0 Å². The van der Waals surface area contributed by atoms with Crippen LogP contribution in [0.15, 0.2) is 0 Å². The van der Waals surface area contributed by atoms with Crippen molar-refractivity contribution in [2.24, 2.45) is 0 Å². The minimum atomic E-state index is -5.70. The second-order valence-corrected chi connectivity index (χ2v) is 2.40. The predicted molar refractivity (Wildman–Crippen MR) is 33.4 cm³/mol. The molecular weight excluding hydrogens is 211 g/mol. The molecule has 0 amide bonds. The number of hydrogen-bond acceptors (Lipinski definition) is 3. The molecule has 80 valence electrons. The fourth-order valence-electron chi connectivity index (χ4n) is 0.764. The van der Waals surface area contributed by atoms with Crippen LogP contribution in [0.4, 0.5) is 22.0 Å². The molecule has 0 radical (unpaired) electrons. The molecule has 9 heteroatoms. The zero-order valence-electron chi connectivity index (χ0n) is 6.89. The Kier molecular flexibility index (Phi) is 2.42. The third-order valence-electron chi connectivity index (χ3n) is 1.46. The Morgan fingerprint density at radius 3 is 2.21 bits per heavy atom. The fourth-order valence-corrected chi connectivity index (χ4v) is 0.764. The van der Waals surface area contributed by atoms with Crippen LogP contribution < -0.4 is 0 Å². The molecule has 0 saturated heterocycles. The summed E-state index contributed by atoms with van der Waals surface area (Å²) < 4.78 is 60.3. The number of aromatic nitrogens is 4. The summed E-state index contributed by atoms with van der Waals surface area (Å²) in [4.78, 5) is 0. The van der Waals surface area contributed by atoms with Crippen LogP contribution in [0, 0.1) is 0 Å². The molecule has 0 aromatic carbocycles. The van der Waals surface area contributed by atoms with Crippen molar-refractivity contribution in [3.8, 4) is 0 Å². The first kappa shape index (κ1) is 10.8. The highest BCUT2D eigenvalue weighted by Crippen LogP contribution is 2.39. The maximum atomic E-state index is 12.6. The van der Waals surface area contributed by atoms with Crippen molar-refractivity contribution in [3.05, 3.63) is 5.82 Å². The molecule has 4 nitrogen and oxygen atoms in total. The average Bonchev–Trinajstić information content (AvgIpc) is 2.49. The first-order valence-electron chi connectivity index (χ1n) is 3.53. The topological polar surface area (TPSA) is 43.6 Å². The lowest BCUT2D eigenvalue weighted by Crippen LogP contribution is -2.41. The highest BCUT2D eigenvalue weighted by atomic mass is 19.4. The lowest BCUT2D eigenvalue weighted by atomic mass is 10.4. The highest BCUT2D eigenvalue weighted by molar-refractivity contribution is 4.85. The van der Waals surface area contributed by atoms with E-state index >= 15 is 0 Å². The van der Waals surface area contributed by atoms with Gasteiger partial charge in [0.25, 0.3) is 0 Å². The third-order valence-corrected chi connectivity index (χ3v) is 1.46. The summed E-state index contributed by atoms with van der Waals surface area (Å²) in [6.07, 6.45) is -5.81. The van der Waals surface area contributed by atoms with Crippen molar-refractivity contribution in [1.29, 1.82) is 0 Å². The highest BCUT2D eigenvalue weighted by Gasteiger charge is 2.61. The number of rotatable bonds is 2. The maximum Gasteiger partial charge on any atom is 0.477 e. The van der Waals surface area contributed by atoms with E-state index in [9.17, 15) is 22.0 Å². The lowest BCUT2D eigenvalue weighted by Gasteiger charge is -2.19. The van der Waals surface area contributed by atoms with Crippen molar-refractivity contribution < 1.29 is 22.0 Å². The SMILES string of the molecule is CCc1nnnn1C(F)(F)C(F)(F)F. The van der Waals surface area contributed by atoms with Crippen LogP contribution in [0.3, 0.4) is 0 Å². The minimum absolute atomic E-state index is 0.112. The van der Waals surface area contributed by atoms with Gasteiger partial charge in [-0.1, -0.05) is 6.92 Å². The summed E-state index contributed by atoms with van der Waals surface area (Å²) in [6, 6.07) is -5.07. The Morgan fingerprint density at radius 2 is 1.79 bits per heavy atom. The molecule has 14 heavy (non-hydrogen) atoms. The fraction of sp³-hybridized carbons (Fsp3) is 0.800. The molecule has 0 aliphatic heterocycles. The Morgan fingerprint density at radius 1 is 1.21 bits per heavy atom. The first-order valence-corrected chi connectivity index (χ1v) is 3.53. The Labute approximate surface area is 74.7 Å². The van der Waals surface area contributed by atoms with Gasteiger partial charge in [0.1, 0.15) is 0 Å². The smallest absolute Gasteiger partial charge is 0.170 e. The molecule has 0 N–H and O–H groups in total. The molecule has 0 bridgehead atoms. The van der Waals surface area contributed by atoms with Gasteiger partial charge in [0.15, 0.2) is 5.82 Å². The van der Waals surface area contributed by atoms with E-state index < -0.39 is 22.7 Å². The summed E-state index contributed by atoms with van der Waals surface area (Å²) in [6.45, 7) is 1.37. The molecule has 0 aliphatic rings. The maximum absolute atomic E-state index is 12.6. The zero-order chi connectivity index (χ0) is 11.0. The quantitative estimate of drug-likeness (QED) is 0.701. The van der Waals surface area contributed by atoms with Crippen LogP contribution in [-0.2, 0) is 12.5 Å². The van der Waals surface area contributed by atoms with E-state index in [4.69, 9.17) is 0 Å². The zero-order valence-corrected chi connectivity index (χ0v) is 6.89. The summed E-state index contributed by atoms with van der Waals surface area (Å²) in [5.41, 5.74) is 0. The molecular formula is C5H5F5N4. The summed E-state index contributed by atoms with van der Waals surface area (Å²) in [7, 11) is 0. The number of tetrazole rings is 1. The van der Waals surface area contributed by atoms with E-state index in [1.807, 2.05) is 0 Å². The molecule has 0 spiro atoms. The van der Waals surface area contributed by atoms with Gasteiger partial charge in [0, 0.05) is 6.42 Å². The van der Waals surface area contributed by atoms with E-state index in [0.29, 0.717) is 0 Å². The molecule has 0 atom stereocenters. The Balaban J connectivity index is 3.16. The van der Waals surface area contributed by atoms with E-state index in [-0.39, 0.29) is 6.42 Å². The van der Waals surface area contributed by atoms with Crippen molar-refractivity contribution in [2.45, 2.75) is 25.6 Å². The second kappa shape index (κ2) is 3.14. The summed E-state index contributed by atoms with van der Waals surface area (Å²) in [5, 5.41) is 8.40. The summed E-state index contributed by atoms with van der Waals surface area (Å²) in [5.74, 6) is -0.521. The predicted octanol–water partition coefficient (Wildman–Crippen LogP) is 1.35. The average molecular weight is 216 g/mol. The number of alkyl halides is 5. The van der Waals surface area contributed by atoms with Crippen LogP contribution in [0.25, 0.3) is 0 Å². The van der Waals surface area contributed by atoms with Gasteiger partial charge in [-0.3, -0.25) is 0 Å². The molecule has 0 fully saturated rings. The lowest BCUT2D eigenvalue weighted by molar-refractivity contribution is -0.329. The monoisotopic (exact) mass is 216 g/mol. The van der Waals surface area contributed by atoms with Crippen LogP contribution in [0.1, 0.15) is 12.7 Å². The standard InChI is InChI=1S/C5H5F5N4/c1-2-3-11-12-13-14(3)5(9,10)4(6,7)8/h2H2,1H3. The van der Waals surface area contributed by atoms with Crippen molar-refractivity contribution >= 4 is 0 Å². The molecule has 1 heterocycles. The Hall–Kier alpha value is -1.28. The van der Waals surface area contributed by atoms with Gasteiger partial charge in [0.2, 0.25) is 0 Å². The molecule has 1 aromatic rings. The van der Waals surface area contributed by atoms with Gasteiger partial charge in [-0.25, -0.2) is 0 Å². The van der Waals surface area contributed by atoms with Crippen molar-refractivity contribution in [2.75, 3.05) is 0 Å². The minimum Gasteiger partial charge on any atom is -0.170 e. The van der Waals surface area contributed by atoms with Gasteiger partial charge in [-0.05, 0) is 10.4 Å². The molecule has 0 aliphatic carbocycles. The van der Waals surface area contributed by atoms with Gasteiger partial charge < -0.3 is 0 Å². The van der Waals surface area contributed by atoms with E-state index in [1.165, 1.54) is 6.92 Å². The second-order valence-electron chi connectivity index (χ2n) is 2.40. The molecule has 0 unspecified atom stereocenters. The van der Waals surface area contributed by atoms with E-state index in [0.717, 1.165) is 0 Å². The van der Waals surface area contributed by atoms with Crippen molar-refractivity contribution in [3.63, 3.8) is 0 Å². The summed E-state index contributed by atoms with van der Waals surface area (Å²) >= 11 is 0. The van der Waals surface area contributed by atoms with Crippen LogP contribution in [-0.4, -0.2) is 26.4 Å². The van der Waals surface area contributed by atoms with E-state index in [2.05, 4.69) is 15.5 Å². The number of nitrogens with zero attached hydrogens (tertiary/aromatic N) is 4. The van der Waals surface area contributed by atoms with Gasteiger partial charge in [-0.2, -0.15) is 26.6 Å². The Bertz CT molecular complexity index is 316. The number of halogens is 5. The largest absolute Gasteiger partial charge is 0.477 e. The first-order chi connectivity index (χ1) is 6.30. The molecule has 0 saturated carbocycles. The number of hydrogen-bond donors (Lipinski definition) is 0. The normalized spacial score (nSPS) is 13.3. The van der Waals surface area contributed by atoms with E-state index in [1.54, 1.807) is 0 Å². The van der Waals surface area contributed by atoms with Crippen LogP contribution in [0.5, 0.6) is 0 Å². The molecule has 1 rings (SSSR count). The van der Waals surface area contributed by atoms with Gasteiger partial charge >= 0.3 is 12.2 Å². The van der Waals surface area contributed by atoms with Crippen LogP contribution in [0.2, 0.25) is 0 Å². The molecule has 1 aromatic heterocycles. The van der Waals surface area contributed by atoms with Gasteiger partial charge in [0.05, 0.1) is 0 Å².